The number of carboxylic acid groups (broad SMARTS) is 1. The minimum absolute atomic E-state index is 0.0543. The maximum Gasteiger partial charge on any atom is 0.310 e. The van der Waals surface area contributed by atoms with Crippen molar-refractivity contribution in [3.05, 3.63) is 35.9 Å². The Balaban J connectivity index is 1.80. The Hall–Kier alpha value is -1.92. The zero-order valence-electron chi connectivity index (χ0n) is 11.7. The van der Waals surface area contributed by atoms with E-state index in [-0.39, 0.29) is 25.7 Å². The van der Waals surface area contributed by atoms with Crippen LogP contribution in [0, 0.1) is 5.92 Å². The van der Waals surface area contributed by atoms with Crippen LogP contribution in [0.2, 0.25) is 0 Å². The van der Waals surface area contributed by atoms with Crippen LogP contribution in [0.1, 0.15) is 5.56 Å². The van der Waals surface area contributed by atoms with E-state index in [9.17, 15) is 9.59 Å². The van der Waals surface area contributed by atoms with Crippen LogP contribution in [-0.4, -0.2) is 54.8 Å². The SMILES string of the molecule is O=C(O)C1COCCN(C(=O)COCc2ccccc2)C1. The number of nitrogens with zero attached hydrogens (tertiary/aromatic N) is 1. The Kier molecular flexibility index (Phi) is 5.71. The molecule has 1 aliphatic rings. The van der Waals surface area contributed by atoms with Gasteiger partial charge in [0.25, 0.3) is 0 Å². The van der Waals surface area contributed by atoms with Gasteiger partial charge in [0.05, 0.1) is 25.7 Å². The van der Waals surface area contributed by atoms with Crippen molar-refractivity contribution in [3.8, 4) is 0 Å². The van der Waals surface area contributed by atoms with Gasteiger partial charge in [0, 0.05) is 13.1 Å². The molecule has 1 amide bonds. The lowest BCUT2D eigenvalue weighted by Crippen LogP contribution is -2.40. The molecule has 1 aromatic carbocycles. The topological polar surface area (TPSA) is 76.1 Å². The number of carbonyl (C=O) groups excluding carboxylic acids is 1. The summed E-state index contributed by atoms with van der Waals surface area (Å²) in [5.74, 6) is -1.83. The van der Waals surface area contributed by atoms with Gasteiger partial charge < -0.3 is 19.5 Å². The molecule has 1 atom stereocenters. The Morgan fingerprint density at radius 3 is 2.81 bits per heavy atom. The lowest BCUT2D eigenvalue weighted by Gasteiger charge is -2.21. The molecule has 21 heavy (non-hydrogen) atoms. The number of carbonyl (C=O) groups is 2. The minimum atomic E-state index is -0.945. The molecule has 1 N–H and O–H groups in total. The van der Waals surface area contributed by atoms with Gasteiger partial charge in [-0.25, -0.2) is 0 Å². The van der Waals surface area contributed by atoms with E-state index < -0.39 is 11.9 Å². The molecule has 0 radical (unpaired) electrons. The standard InChI is InChI=1S/C15H19NO5/c17-14(11-21-9-12-4-2-1-3-5-12)16-6-7-20-10-13(8-16)15(18)19/h1-5,13H,6-11H2,(H,18,19). The predicted octanol–water partition coefficient (Wildman–Crippen LogP) is 0.763. The van der Waals surface area contributed by atoms with Gasteiger partial charge in [-0.1, -0.05) is 30.3 Å². The Labute approximate surface area is 123 Å². The lowest BCUT2D eigenvalue weighted by atomic mass is 10.1. The number of ether oxygens (including phenoxy) is 2. The Morgan fingerprint density at radius 1 is 1.33 bits per heavy atom. The van der Waals surface area contributed by atoms with Gasteiger partial charge in [0.1, 0.15) is 6.61 Å². The van der Waals surface area contributed by atoms with E-state index in [0.717, 1.165) is 5.56 Å². The van der Waals surface area contributed by atoms with Crippen molar-refractivity contribution in [2.45, 2.75) is 6.61 Å². The van der Waals surface area contributed by atoms with Crippen LogP contribution in [0.25, 0.3) is 0 Å². The summed E-state index contributed by atoms with van der Waals surface area (Å²) in [5.41, 5.74) is 0.993. The first kappa shape index (κ1) is 15.5. The van der Waals surface area contributed by atoms with Gasteiger partial charge >= 0.3 is 5.97 Å². The Morgan fingerprint density at radius 2 is 2.10 bits per heavy atom. The second-order valence-electron chi connectivity index (χ2n) is 4.93. The molecule has 6 nitrogen and oxygen atoms in total. The van der Waals surface area contributed by atoms with E-state index in [1.807, 2.05) is 30.3 Å². The number of hydrogen-bond donors (Lipinski definition) is 1. The van der Waals surface area contributed by atoms with Crippen molar-refractivity contribution in [1.82, 2.24) is 4.90 Å². The van der Waals surface area contributed by atoms with Crippen LogP contribution in [-0.2, 0) is 25.7 Å². The predicted molar refractivity (Wildman–Crippen MR) is 74.6 cm³/mol. The third-order valence-corrected chi connectivity index (χ3v) is 3.30. The van der Waals surface area contributed by atoms with E-state index in [4.69, 9.17) is 14.6 Å². The van der Waals surface area contributed by atoms with Crippen molar-refractivity contribution in [2.24, 2.45) is 5.92 Å². The summed E-state index contributed by atoms with van der Waals surface area (Å²) in [6.45, 7) is 1.37. The smallest absolute Gasteiger partial charge is 0.310 e. The molecular weight excluding hydrogens is 274 g/mol. The van der Waals surface area contributed by atoms with Crippen LogP contribution >= 0.6 is 0 Å². The number of amides is 1. The monoisotopic (exact) mass is 293 g/mol. The summed E-state index contributed by atoms with van der Waals surface area (Å²) in [7, 11) is 0. The van der Waals surface area contributed by atoms with Crippen LogP contribution in [0.3, 0.4) is 0 Å². The lowest BCUT2D eigenvalue weighted by molar-refractivity contribution is -0.145. The molecule has 0 bridgehead atoms. The first-order chi connectivity index (χ1) is 10.2. The van der Waals surface area contributed by atoms with Crippen molar-refractivity contribution in [2.75, 3.05) is 32.9 Å². The van der Waals surface area contributed by atoms with Gasteiger partial charge in [-0.2, -0.15) is 0 Å². The van der Waals surface area contributed by atoms with E-state index >= 15 is 0 Å². The highest BCUT2D eigenvalue weighted by Gasteiger charge is 2.26. The number of hydrogen-bond acceptors (Lipinski definition) is 4. The summed E-state index contributed by atoms with van der Waals surface area (Å²) in [4.78, 5) is 24.6. The van der Waals surface area contributed by atoms with E-state index in [1.165, 1.54) is 4.90 Å². The molecule has 0 spiro atoms. The fourth-order valence-corrected chi connectivity index (χ4v) is 2.11. The van der Waals surface area contributed by atoms with Crippen molar-refractivity contribution < 1.29 is 24.2 Å². The highest BCUT2D eigenvalue weighted by molar-refractivity contribution is 5.78. The molecule has 1 fully saturated rings. The molecule has 6 heteroatoms. The fourth-order valence-electron chi connectivity index (χ4n) is 2.11. The first-order valence-electron chi connectivity index (χ1n) is 6.87. The Bertz CT molecular complexity index is 476. The molecular formula is C15H19NO5. The molecule has 2 rings (SSSR count). The number of carboxylic acids is 1. The molecule has 1 saturated heterocycles. The normalized spacial score (nSPS) is 19.0. The zero-order valence-corrected chi connectivity index (χ0v) is 11.7. The highest BCUT2D eigenvalue weighted by Crippen LogP contribution is 2.08. The molecule has 1 unspecified atom stereocenters. The van der Waals surface area contributed by atoms with Gasteiger partial charge in [-0.05, 0) is 5.56 Å². The average molecular weight is 293 g/mol. The molecule has 1 heterocycles. The summed E-state index contributed by atoms with van der Waals surface area (Å²) < 4.78 is 10.6. The number of benzene rings is 1. The maximum absolute atomic E-state index is 12.1. The third-order valence-electron chi connectivity index (χ3n) is 3.30. The first-order valence-corrected chi connectivity index (χ1v) is 6.87. The zero-order chi connectivity index (χ0) is 15.1. The average Bonchev–Trinajstić information content (AvgIpc) is 2.74. The summed E-state index contributed by atoms with van der Waals surface area (Å²) >= 11 is 0. The van der Waals surface area contributed by atoms with Crippen LogP contribution in [0.5, 0.6) is 0 Å². The second kappa shape index (κ2) is 7.75. The molecule has 0 saturated carbocycles. The molecule has 1 aliphatic heterocycles. The van der Waals surface area contributed by atoms with E-state index in [1.54, 1.807) is 0 Å². The van der Waals surface area contributed by atoms with Crippen LogP contribution in [0.15, 0.2) is 30.3 Å². The minimum Gasteiger partial charge on any atom is -0.481 e. The number of rotatable bonds is 5. The largest absolute Gasteiger partial charge is 0.481 e. The van der Waals surface area contributed by atoms with Gasteiger partial charge in [-0.15, -0.1) is 0 Å². The highest BCUT2D eigenvalue weighted by atomic mass is 16.5. The van der Waals surface area contributed by atoms with E-state index in [0.29, 0.717) is 19.8 Å². The fraction of sp³-hybridized carbons (Fsp3) is 0.467. The maximum atomic E-state index is 12.1. The van der Waals surface area contributed by atoms with Crippen molar-refractivity contribution in [3.63, 3.8) is 0 Å². The van der Waals surface area contributed by atoms with Gasteiger partial charge in [0.15, 0.2) is 0 Å². The van der Waals surface area contributed by atoms with Crippen LogP contribution < -0.4 is 0 Å². The molecule has 0 aromatic heterocycles. The third kappa shape index (κ3) is 4.84. The molecule has 114 valence electrons. The number of aliphatic carboxylic acids is 1. The summed E-state index contributed by atoms with van der Waals surface area (Å²) in [5, 5.41) is 9.04. The summed E-state index contributed by atoms with van der Waals surface area (Å²) in [6.07, 6.45) is 0. The second-order valence-corrected chi connectivity index (χ2v) is 4.93. The van der Waals surface area contributed by atoms with Gasteiger partial charge in [-0.3, -0.25) is 9.59 Å². The van der Waals surface area contributed by atoms with Gasteiger partial charge in [0.2, 0.25) is 5.91 Å². The van der Waals surface area contributed by atoms with Crippen molar-refractivity contribution in [1.29, 1.82) is 0 Å². The quantitative estimate of drug-likeness (QED) is 0.867. The summed E-state index contributed by atoms with van der Waals surface area (Å²) in [6, 6.07) is 9.57. The van der Waals surface area contributed by atoms with Crippen molar-refractivity contribution >= 4 is 11.9 Å². The van der Waals surface area contributed by atoms with Crippen LogP contribution in [0.4, 0.5) is 0 Å². The molecule has 1 aromatic rings. The van der Waals surface area contributed by atoms with E-state index in [2.05, 4.69) is 0 Å². The molecule has 0 aliphatic carbocycles.